The molecule has 0 saturated carbocycles. The van der Waals surface area contributed by atoms with E-state index in [-0.39, 0.29) is 10.9 Å². The second-order valence-corrected chi connectivity index (χ2v) is 7.14. The summed E-state index contributed by atoms with van der Waals surface area (Å²) in [5.74, 6) is 0.739. The molecule has 1 unspecified atom stereocenters. The van der Waals surface area contributed by atoms with Crippen molar-refractivity contribution < 1.29 is 9.34 Å². The summed E-state index contributed by atoms with van der Waals surface area (Å²) in [7, 11) is 0. The summed E-state index contributed by atoms with van der Waals surface area (Å²) in [6.07, 6.45) is 1.65. The molecule has 2 aromatic heterocycles. The van der Waals surface area contributed by atoms with Crippen LogP contribution in [0.5, 0.6) is 0 Å². The molecule has 0 saturated heterocycles. The molecule has 0 aliphatic carbocycles. The Kier molecular flexibility index (Phi) is 4.85. The van der Waals surface area contributed by atoms with Crippen molar-refractivity contribution in [3.05, 3.63) is 76.9 Å². The van der Waals surface area contributed by atoms with Crippen molar-refractivity contribution in [2.45, 2.75) is 17.3 Å². The van der Waals surface area contributed by atoms with Crippen molar-refractivity contribution in [2.24, 2.45) is 0 Å². The van der Waals surface area contributed by atoms with Gasteiger partial charge in [0, 0.05) is 23.4 Å². The van der Waals surface area contributed by atoms with Crippen LogP contribution >= 0.6 is 11.8 Å². The first-order valence-electron chi connectivity index (χ1n) is 8.32. The van der Waals surface area contributed by atoms with Gasteiger partial charge >= 0.3 is 0 Å². The smallest absolute Gasteiger partial charge is 0.269 e. The number of non-ortho nitro benzene ring substituents is 1. The fraction of sp³-hybridized carbons (Fsp3) is 0.111. The summed E-state index contributed by atoms with van der Waals surface area (Å²) in [6, 6.07) is 15.7. The first-order chi connectivity index (χ1) is 13.6. The average Bonchev–Trinajstić information content (AvgIpc) is 3.38. The van der Waals surface area contributed by atoms with Crippen LogP contribution in [-0.4, -0.2) is 29.9 Å². The number of benzene rings is 2. The monoisotopic (exact) mass is 394 g/mol. The lowest BCUT2D eigenvalue weighted by Gasteiger charge is -2.08. The van der Waals surface area contributed by atoms with Crippen LogP contribution in [0, 0.1) is 10.1 Å². The molecule has 2 heterocycles. The summed E-state index contributed by atoms with van der Waals surface area (Å²) < 4.78 is 7.64. The number of nitro groups is 1. The third kappa shape index (κ3) is 3.62. The third-order valence-electron chi connectivity index (χ3n) is 3.95. The molecule has 0 aliphatic rings. The fourth-order valence-electron chi connectivity index (χ4n) is 2.52. The predicted molar refractivity (Wildman–Crippen MR) is 102 cm³/mol. The van der Waals surface area contributed by atoms with Gasteiger partial charge in [-0.1, -0.05) is 30.0 Å². The highest BCUT2D eigenvalue weighted by Gasteiger charge is 2.20. The van der Waals surface area contributed by atoms with E-state index in [1.165, 1.54) is 23.9 Å². The second kappa shape index (κ2) is 7.61. The number of aromatic nitrogens is 5. The van der Waals surface area contributed by atoms with E-state index in [2.05, 4.69) is 20.4 Å². The summed E-state index contributed by atoms with van der Waals surface area (Å²) in [5, 5.41) is 27.6. The molecule has 0 spiro atoms. The van der Waals surface area contributed by atoms with Gasteiger partial charge < -0.3 is 4.42 Å². The molecule has 28 heavy (non-hydrogen) atoms. The van der Waals surface area contributed by atoms with Gasteiger partial charge in [-0.15, -0.1) is 20.4 Å². The van der Waals surface area contributed by atoms with Gasteiger partial charge in [-0.25, -0.2) is 0 Å². The topological polar surface area (TPSA) is 113 Å². The molecule has 0 N–H and O–H groups in total. The third-order valence-corrected chi connectivity index (χ3v) is 4.99. The number of hydrogen-bond acceptors (Lipinski definition) is 8. The largest absolute Gasteiger partial charge is 0.419 e. The maximum absolute atomic E-state index is 10.8. The van der Waals surface area contributed by atoms with Crippen molar-refractivity contribution in [3.8, 4) is 17.1 Å². The molecule has 140 valence electrons. The molecule has 10 heteroatoms. The number of hydrogen-bond donors (Lipinski definition) is 0. The summed E-state index contributed by atoms with van der Waals surface area (Å²) in [5.41, 5.74) is 1.58. The zero-order valence-corrected chi connectivity index (χ0v) is 15.5. The lowest BCUT2D eigenvalue weighted by molar-refractivity contribution is -0.384. The molecular weight excluding hydrogens is 380 g/mol. The van der Waals surface area contributed by atoms with Crippen LogP contribution in [0.15, 0.2) is 70.5 Å². The zero-order chi connectivity index (χ0) is 19.5. The normalized spacial score (nSPS) is 12.0. The number of rotatable bonds is 6. The van der Waals surface area contributed by atoms with E-state index in [1.54, 1.807) is 18.5 Å². The van der Waals surface area contributed by atoms with Crippen molar-refractivity contribution >= 4 is 17.4 Å². The number of nitro benzene ring substituents is 1. The van der Waals surface area contributed by atoms with Gasteiger partial charge in [0.1, 0.15) is 6.33 Å². The van der Waals surface area contributed by atoms with E-state index >= 15 is 0 Å². The van der Waals surface area contributed by atoms with Crippen LogP contribution in [-0.2, 0) is 0 Å². The minimum atomic E-state index is -0.454. The van der Waals surface area contributed by atoms with Crippen LogP contribution in [0.4, 0.5) is 5.69 Å². The Morgan fingerprint density at radius 3 is 2.54 bits per heavy atom. The highest BCUT2D eigenvalue weighted by atomic mass is 32.2. The van der Waals surface area contributed by atoms with E-state index in [1.807, 2.05) is 41.8 Å². The van der Waals surface area contributed by atoms with E-state index in [0.29, 0.717) is 22.5 Å². The molecule has 4 aromatic rings. The second-order valence-electron chi connectivity index (χ2n) is 5.83. The van der Waals surface area contributed by atoms with Crippen LogP contribution in [0.3, 0.4) is 0 Å². The van der Waals surface area contributed by atoms with Crippen molar-refractivity contribution in [1.29, 1.82) is 0 Å². The molecule has 0 fully saturated rings. The molecule has 0 radical (unpaired) electrons. The minimum absolute atomic E-state index is 0.00709. The molecule has 0 bridgehead atoms. The Hall–Kier alpha value is -3.53. The number of nitrogens with zero attached hydrogens (tertiary/aromatic N) is 6. The SMILES string of the molecule is CC(Sc1nncn1-c1ccccc1)c1nnc(-c2ccc([N+](=O)[O-])cc2)o1. The molecule has 4 rings (SSSR count). The maximum Gasteiger partial charge on any atom is 0.269 e. The Labute approximate surface area is 163 Å². The maximum atomic E-state index is 10.8. The first-order valence-corrected chi connectivity index (χ1v) is 9.20. The van der Waals surface area contributed by atoms with E-state index < -0.39 is 4.92 Å². The van der Waals surface area contributed by atoms with Gasteiger partial charge in [0.15, 0.2) is 5.16 Å². The quantitative estimate of drug-likeness (QED) is 0.273. The van der Waals surface area contributed by atoms with E-state index in [9.17, 15) is 10.1 Å². The number of thioether (sulfide) groups is 1. The summed E-state index contributed by atoms with van der Waals surface area (Å²) >= 11 is 1.44. The lowest BCUT2D eigenvalue weighted by atomic mass is 10.2. The van der Waals surface area contributed by atoms with E-state index in [0.717, 1.165) is 5.69 Å². The Morgan fingerprint density at radius 1 is 1.07 bits per heavy atom. The zero-order valence-electron chi connectivity index (χ0n) is 14.7. The van der Waals surface area contributed by atoms with Gasteiger partial charge in [0.2, 0.25) is 11.8 Å². The van der Waals surface area contributed by atoms with Crippen molar-refractivity contribution in [3.63, 3.8) is 0 Å². The van der Waals surface area contributed by atoms with Crippen molar-refractivity contribution in [1.82, 2.24) is 25.0 Å². The first kappa shape index (κ1) is 17.9. The average molecular weight is 394 g/mol. The number of para-hydroxylation sites is 1. The van der Waals surface area contributed by atoms with Crippen LogP contribution in [0.2, 0.25) is 0 Å². The van der Waals surface area contributed by atoms with Gasteiger partial charge in [0.05, 0.1) is 10.2 Å². The molecule has 1 atom stereocenters. The van der Waals surface area contributed by atoms with E-state index in [4.69, 9.17) is 4.42 Å². The minimum Gasteiger partial charge on any atom is -0.419 e. The highest BCUT2D eigenvalue weighted by Crippen LogP contribution is 2.35. The fourth-order valence-corrected chi connectivity index (χ4v) is 3.39. The Balaban J connectivity index is 1.52. The molecule has 2 aromatic carbocycles. The van der Waals surface area contributed by atoms with Crippen LogP contribution in [0.1, 0.15) is 18.1 Å². The van der Waals surface area contributed by atoms with Crippen molar-refractivity contribution in [2.75, 3.05) is 0 Å². The van der Waals surface area contributed by atoms with Gasteiger partial charge in [-0.2, -0.15) is 0 Å². The summed E-state index contributed by atoms with van der Waals surface area (Å²) in [4.78, 5) is 10.3. The summed E-state index contributed by atoms with van der Waals surface area (Å²) in [6.45, 7) is 1.93. The lowest BCUT2D eigenvalue weighted by Crippen LogP contribution is -1.97. The molecule has 9 nitrogen and oxygen atoms in total. The highest BCUT2D eigenvalue weighted by molar-refractivity contribution is 7.99. The van der Waals surface area contributed by atoms with Gasteiger partial charge in [-0.3, -0.25) is 14.7 Å². The standard InChI is InChI=1S/C18H14N6O3S/c1-12(28-18-22-19-11-23(18)14-5-3-2-4-6-14)16-20-21-17(27-16)13-7-9-15(10-8-13)24(25)26/h2-12H,1H3. The van der Waals surface area contributed by atoms with Gasteiger partial charge in [0.25, 0.3) is 5.69 Å². The molecular formula is C18H14N6O3S. The Bertz CT molecular complexity index is 1090. The van der Waals surface area contributed by atoms with Crippen LogP contribution in [0.25, 0.3) is 17.1 Å². The predicted octanol–water partition coefficient (Wildman–Crippen LogP) is 4.08. The van der Waals surface area contributed by atoms with Gasteiger partial charge in [-0.05, 0) is 31.2 Å². The molecule has 0 aliphatic heterocycles. The van der Waals surface area contributed by atoms with Crippen LogP contribution < -0.4 is 0 Å². The Morgan fingerprint density at radius 2 is 1.82 bits per heavy atom. The molecule has 0 amide bonds.